The van der Waals surface area contributed by atoms with Crippen LogP contribution in [-0.4, -0.2) is 14.8 Å². The Labute approximate surface area is 148 Å². The fourth-order valence-corrected chi connectivity index (χ4v) is 3.88. The third-order valence-electron chi connectivity index (χ3n) is 3.99. The molecule has 3 aromatic rings. The van der Waals surface area contributed by atoms with E-state index in [1.165, 1.54) is 12.1 Å². The summed E-state index contributed by atoms with van der Waals surface area (Å²) in [5, 5.41) is 10.4. The number of hydrogen-bond donors (Lipinski definition) is 0. The normalized spacial score (nSPS) is 14.1. The van der Waals surface area contributed by atoms with Crippen molar-refractivity contribution in [3.05, 3.63) is 64.9 Å². The number of thioether (sulfide) groups is 1. The van der Waals surface area contributed by atoms with Crippen LogP contribution >= 0.6 is 23.4 Å². The number of rotatable bonds is 5. The third kappa shape index (κ3) is 3.19. The number of hydrogen-bond acceptors (Lipinski definition) is 3. The molecule has 0 saturated heterocycles. The van der Waals surface area contributed by atoms with Gasteiger partial charge in [0.25, 0.3) is 0 Å². The molecule has 0 aliphatic heterocycles. The molecular formula is C18H15ClFN3S. The standard InChI is InChI=1S/C18H15ClFN3S/c19-16-4-2-1-3-13(16)11-24-18-22-21-17(23(18)15-9-10-15)12-5-7-14(20)8-6-12/h1-8,15H,9-11H2. The van der Waals surface area contributed by atoms with Gasteiger partial charge in [0.15, 0.2) is 11.0 Å². The first kappa shape index (κ1) is 15.7. The van der Waals surface area contributed by atoms with Crippen molar-refractivity contribution in [3.63, 3.8) is 0 Å². The summed E-state index contributed by atoms with van der Waals surface area (Å²) in [5.74, 6) is 1.30. The zero-order valence-electron chi connectivity index (χ0n) is 12.8. The lowest BCUT2D eigenvalue weighted by Crippen LogP contribution is -2.00. The highest BCUT2D eigenvalue weighted by atomic mass is 35.5. The molecule has 6 heteroatoms. The first-order valence-corrected chi connectivity index (χ1v) is 9.16. The van der Waals surface area contributed by atoms with Crippen LogP contribution in [0, 0.1) is 5.82 Å². The summed E-state index contributed by atoms with van der Waals surface area (Å²) in [6.45, 7) is 0. The summed E-state index contributed by atoms with van der Waals surface area (Å²) in [4.78, 5) is 0. The van der Waals surface area contributed by atoms with Gasteiger partial charge in [0.2, 0.25) is 0 Å². The van der Waals surface area contributed by atoms with E-state index in [1.807, 2.05) is 24.3 Å². The van der Waals surface area contributed by atoms with Crippen molar-refractivity contribution in [2.45, 2.75) is 29.8 Å². The molecule has 4 rings (SSSR count). The molecule has 0 atom stereocenters. The molecule has 122 valence electrons. The topological polar surface area (TPSA) is 30.7 Å². The minimum Gasteiger partial charge on any atom is -0.299 e. The maximum atomic E-state index is 13.2. The number of nitrogens with zero attached hydrogens (tertiary/aromatic N) is 3. The number of benzene rings is 2. The lowest BCUT2D eigenvalue weighted by atomic mass is 10.2. The largest absolute Gasteiger partial charge is 0.299 e. The molecule has 0 spiro atoms. The molecule has 0 bridgehead atoms. The summed E-state index contributed by atoms with van der Waals surface area (Å²) in [5.41, 5.74) is 1.97. The molecule has 1 aliphatic carbocycles. The van der Waals surface area contributed by atoms with Gasteiger partial charge in [-0.2, -0.15) is 0 Å². The molecule has 1 saturated carbocycles. The summed E-state index contributed by atoms with van der Waals surface area (Å²) in [6.07, 6.45) is 2.26. The van der Waals surface area contributed by atoms with Crippen LogP contribution in [0.25, 0.3) is 11.4 Å². The first-order chi connectivity index (χ1) is 11.7. The van der Waals surface area contributed by atoms with Crippen molar-refractivity contribution < 1.29 is 4.39 Å². The molecule has 1 aromatic heterocycles. The Morgan fingerprint density at radius 3 is 2.54 bits per heavy atom. The molecule has 0 unspecified atom stereocenters. The molecule has 1 fully saturated rings. The fraction of sp³-hybridized carbons (Fsp3) is 0.222. The molecule has 2 aromatic carbocycles. The predicted octanol–water partition coefficient (Wildman–Crippen LogP) is 5.36. The van der Waals surface area contributed by atoms with Crippen LogP contribution in [0.5, 0.6) is 0 Å². The Balaban J connectivity index is 1.62. The lowest BCUT2D eigenvalue weighted by Gasteiger charge is -2.09. The Bertz CT molecular complexity index is 859. The van der Waals surface area contributed by atoms with Crippen LogP contribution in [0.3, 0.4) is 0 Å². The van der Waals surface area contributed by atoms with E-state index >= 15 is 0 Å². The Morgan fingerprint density at radius 2 is 1.83 bits per heavy atom. The average Bonchev–Trinajstić information content (AvgIpc) is 3.35. The van der Waals surface area contributed by atoms with E-state index < -0.39 is 0 Å². The van der Waals surface area contributed by atoms with Crippen LogP contribution in [0.1, 0.15) is 24.4 Å². The van der Waals surface area contributed by atoms with Crippen LogP contribution in [0.15, 0.2) is 53.7 Å². The number of aromatic nitrogens is 3. The second-order valence-corrected chi connectivity index (χ2v) is 7.14. The van der Waals surface area contributed by atoms with Gasteiger partial charge in [0.05, 0.1) is 0 Å². The zero-order chi connectivity index (χ0) is 16.5. The van der Waals surface area contributed by atoms with Gasteiger partial charge in [-0.05, 0) is 48.7 Å². The van der Waals surface area contributed by atoms with Gasteiger partial charge in [-0.3, -0.25) is 4.57 Å². The maximum absolute atomic E-state index is 13.2. The molecule has 1 aliphatic rings. The van der Waals surface area contributed by atoms with E-state index in [1.54, 1.807) is 23.9 Å². The van der Waals surface area contributed by atoms with E-state index in [4.69, 9.17) is 11.6 Å². The summed E-state index contributed by atoms with van der Waals surface area (Å²) < 4.78 is 15.3. The molecule has 0 N–H and O–H groups in total. The summed E-state index contributed by atoms with van der Waals surface area (Å²) in [6, 6.07) is 14.7. The van der Waals surface area contributed by atoms with Gasteiger partial charge >= 0.3 is 0 Å². The number of halogens is 2. The molecule has 1 heterocycles. The molecular weight excluding hydrogens is 345 g/mol. The summed E-state index contributed by atoms with van der Waals surface area (Å²) in [7, 11) is 0. The molecule has 0 radical (unpaired) electrons. The van der Waals surface area contributed by atoms with Gasteiger partial charge in [-0.15, -0.1) is 10.2 Å². The van der Waals surface area contributed by atoms with E-state index in [0.717, 1.165) is 45.7 Å². The lowest BCUT2D eigenvalue weighted by molar-refractivity contribution is 0.627. The zero-order valence-corrected chi connectivity index (χ0v) is 14.4. The van der Waals surface area contributed by atoms with Crippen LogP contribution in [0.4, 0.5) is 4.39 Å². The SMILES string of the molecule is Fc1ccc(-c2nnc(SCc3ccccc3Cl)n2C2CC2)cc1. The average molecular weight is 360 g/mol. The maximum Gasteiger partial charge on any atom is 0.192 e. The second kappa shape index (κ2) is 6.57. The second-order valence-electron chi connectivity index (χ2n) is 5.79. The smallest absolute Gasteiger partial charge is 0.192 e. The van der Waals surface area contributed by atoms with E-state index in [0.29, 0.717) is 6.04 Å². The first-order valence-electron chi connectivity index (χ1n) is 7.79. The highest BCUT2D eigenvalue weighted by Gasteiger charge is 2.30. The Morgan fingerprint density at radius 1 is 1.08 bits per heavy atom. The van der Waals surface area contributed by atoms with Crippen molar-refractivity contribution >= 4 is 23.4 Å². The van der Waals surface area contributed by atoms with Crippen molar-refractivity contribution in [3.8, 4) is 11.4 Å². The van der Waals surface area contributed by atoms with Gasteiger partial charge in [-0.25, -0.2) is 4.39 Å². The third-order valence-corrected chi connectivity index (χ3v) is 5.35. The fourth-order valence-electron chi connectivity index (χ4n) is 2.59. The quantitative estimate of drug-likeness (QED) is 0.574. The van der Waals surface area contributed by atoms with Crippen LogP contribution < -0.4 is 0 Å². The van der Waals surface area contributed by atoms with Gasteiger partial charge in [0.1, 0.15) is 5.82 Å². The molecule has 3 nitrogen and oxygen atoms in total. The van der Waals surface area contributed by atoms with Crippen molar-refractivity contribution in [2.24, 2.45) is 0 Å². The van der Waals surface area contributed by atoms with Gasteiger partial charge < -0.3 is 0 Å². The molecule has 0 amide bonds. The van der Waals surface area contributed by atoms with Crippen molar-refractivity contribution in [2.75, 3.05) is 0 Å². The highest BCUT2D eigenvalue weighted by Crippen LogP contribution is 2.41. The van der Waals surface area contributed by atoms with E-state index in [9.17, 15) is 4.39 Å². The van der Waals surface area contributed by atoms with Crippen molar-refractivity contribution in [1.82, 2.24) is 14.8 Å². The minimum absolute atomic E-state index is 0.246. The minimum atomic E-state index is -0.246. The van der Waals surface area contributed by atoms with Crippen LogP contribution in [-0.2, 0) is 5.75 Å². The Kier molecular flexibility index (Phi) is 4.29. The summed E-state index contributed by atoms with van der Waals surface area (Å²) >= 11 is 7.86. The van der Waals surface area contributed by atoms with Crippen molar-refractivity contribution in [1.29, 1.82) is 0 Å². The predicted molar refractivity (Wildman–Crippen MR) is 94.7 cm³/mol. The Hall–Kier alpha value is -1.85. The van der Waals surface area contributed by atoms with E-state index in [-0.39, 0.29) is 5.82 Å². The van der Waals surface area contributed by atoms with Crippen LogP contribution in [0.2, 0.25) is 5.02 Å². The highest BCUT2D eigenvalue weighted by molar-refractivity contribution is 7.98. The van der Waals surface area contributed by atoms with Gasteiger partial charge in [-0.1, -0.05) is 41.6 Å². The van der Waals surface area contributed by atoms with E-state index in [2.05, 4.69) is 14.8 Å². The molecule has 24 heavy (non-hydrogen) atoms. The van der Waals surface area contributed by atoms with Gasteiger partial charge in [0, 0.05) is 22.4 Å². The monoisotopic (exact) mass is 359 g/mol.